The van der Waals surface area contributed by atoms with Crippen LogP contribution in [0.2, 0.25) is 0 Å². The number of nitrogens with one attached hydrogen (secondary N) is 1. The Morgan fingerprint density at radius 1 is 1.56 bits per heavy atom. The molecular formula is C4H2FN2O2. The van der Waals surface area contributed by atoms with Crippen molar-refractivity contribution in [2.75, 3.05) is 0 Å². The zero-order chi connectivity index (χ0) is 6.85. The molecule has 0 aromatic carbocycles. The van der Waals surface area contributed by atoms with Crippen LogP contribution >= 0.6 is 0 Å². The van der Waals surface area contributed by atoms with E-state index in [0.717, 1.165) is 0 Å². The van der Waals surface area contributed by atoms with Gasteiger partial charge in [0.2, 0.25) is 5.95 Å². The summed E-state index contributed by atoms with van der Waals surface area (Å²) in [6, 6.07) is -0.958. The Balaban J connectivity index is 2.79. The number of carbonyl (C=O) groups is 2. The molecule has 0 aromatic rings. The fourth-order valence-corrected chi connectivity index (χ4v) is 0.407. The molecule has 0 spiro atoms. The Morgan fingerprint density at radius 2 is 2.22 bits per heavy atom. The standard InChI is InChI=1S/C4H2FN2O2/c5-2-1-3(8)7-4(9)6-2/h1H,(H,6,9). The minimum Gasteiger partial charge on any atom is -0.282 e. The fraction of sp³-hybridized carbons (Fsp3) is 0. The van der Waals surface area contributed by atoms with Crippen molar-refractivity contribution in [2.24, 2.45) is 0 Å². The molecule has 0 saturated carbocycles. The average Bonchev–Trinajstić information content (AvgIpc) is 1.59. The van der Waals surface area contributed by atoms with Crippen LogP contribution in [0.5, 0.6) is 0 Å². The third-order valence-electron chi connectivity index (χ3n) is 0.688. The van der Waals surface area contributed by atoms with E-state index in [0.29, 0.717) is 6.08 Å². The zero-order valence-electron chi connectivity index (χ0n) is 4.22. The summed E-state index contributed by atoms with van der Waals surface area (Å²) in [5, 5.41) is 4.51. The van der Waals surface area contributed by atoms with E-state index in [1.807, 2.05) is 0 Å². The lowest BCUT2D eigenvalue weighted by Crippen LogP contribution is -2.36. The van der Waals surface area contributed by atoms with Crippen LogP contribution in [-0.2, 0) is 4.79 Å². The van der Waals surface area contributed by atoms with Gasteiger partial charge in [0.05, 0.1) is 6.08 Å². The minimum atomic E-state index is -0.958. The quantitative estimate of drug-likeness (QED) is 0.454. The number of halogens is 1. The molecule has 1 aliphatic rings. The molecule has 47 valence electrons. The summed E-state index contributed by atoms with van der Waals surface area (Å²) in [7, 11) is 0. The first kappa shape index (κ1) is 5.74. The first-order valence-corrected chi connectivity index (χ1v) is 2.12. The SMILES string of the molecule is O=C1C=C(F)NC(=O)[N]1. The van der Waals surface area contributed by atoms with Crippen LogP contribution in [-0.4, -0.2) is 11.9 Å². The number of hydrogen-bond donors (Lipinski definition) is 1. The smallest absolute Gasteiger partial charge is 0.282 e. The van der Waals surface area contributed by atoms with E-state index < -0.39 is 17.9 Å². The molecule has 0 saturated heterocycles. The molecule has 0 aromatic heterocycles. The lowest BCUT2D eigenvalue weighted by molar-refractivity contribution is -0.116. The molecule has 4 nitrogen and oxygen atoms in total. The van der Waals surface area contributed by atoms with Crippen molar-refractivity contribution in [2.45, 2.75) is 0 Å². The predicted octanol–water partition coefficient (Wildman–Crippen LogP) is -0.348. The molecule has 1 rings (SSSR count). The van der Waals surface area contributed by atoms with Crippen LogP contribution in [0.4, 0.5) is 9.18 Å². The maximum atomic E-state index is 11.9. The van der Waals surface area contributed by atoms with Crippen molar-refractivity contribution in [3.63, 3.8) is 0 Å². The molecule has 1 radical (unpaired) electrons. The van der Waals surface area contributed by atoms with Gasteiger partial charge in [0.1, 0.15) is 0 Å². The van der Waals surface area contributed by atoms with Crippen molar-refractivity contribution in [1.29, 1.82) is 0 Å². The highest BCUT2D eigenvalue weighted by atomic mass is 19.1. The summed E-state index contributed by atoms with van der Waals surface area (Å²) in [5.41, 5.74) is 0. The van der Waals surface area contributed by atoms with Crippen LogP contribution in [0.3, 0.4) is 0 Å². The molecule has 1 heterocycles. The highest BCUT2D eigenvalue weighted by Gasteiger charge is 2.16. The lowest BCUT2D eigenvalue weighted by Gasteiger charge is -2.03. The van der Waals surface area contributed by atoms with E-state index in [1.54, 1.807) is 5.32 Å². The fourth-order valence-electron chi connectivity index (χ4n) is 0.407. The Hall–Kier alpha value is -1.39. The number of nitrogens with zero attached hydrogens (tertiary/aromatic N) is 1. The van der Waals surface area contributed by atoms with E-state index >= 15 is 0 Å². The maximum Gasteiger partial charge on any atom is 0.350 e. The third kappa shape index (κ3) is 1.25. The summed E-state index contributed by atoms with van der Waals surface area (Å²) in [6.45, 7) is 0. The van der Waals surface area contributed by atoms with Gasteiger partial charge in [-0.1, -0.05) is 0 Å². The monoisotopic (exact) mass is 129 g/mol. The third-order valence-corrected chi connectivity index (χ3v) is 0.688. The zero-order valence-corrected chi connectivity index (χ0v) is 4.22. The maximum absolute atomic E-state index is 11.9. The van der Waals surface area contributed by atoms with E-state index in [4.69, 9.17) is 0 Å². The molecule has 1 N–H and O–H groups in total. The number of rotatable bonds is 0. The Labute approximate surface area is 49.7 Å². The topological polar surface area (TPSA) is 60.3 Å². The average molecular weight is 129 g/mol. The van der Waals surface area contributed by atoms with Gasteiger partial charge >= 0.3 is 6.03 Å². The largest absolute Gasteiger partial charge is 0.350 e. The molecule has 3 amide bonds. The Morgan fingerprint density at radius 3 is 2.67 bits per heavy atom. The van der Waals surface area contributed by atoms with Gasteiger partial charge in [0.15, 0.2) is 0 Å². The van der Waals surface area contributed by atoms with Crippen LogP contribution in [0.25, 0.3) is 0 Å². The van der Waals surface area contributed by atoms with Crippen molar-refractivity contribution >= 4 is 11.9 Å². The Bertz CT molecular complexity index is 199. The molecule has 0 atom stereocenters. The first-order valence-electron chi connectivity index (χ1n) is 2.12. The first-order chi connectivity index (χ1) is 4.18. The van der Waals surface area contributed by atoms with Crippen LogP contribution in [0.1, 0.15) is 0 Å². The van der Waals surface area contributed by atoms with Gasteiger partial charge in [0.25, 0.3) is 5.91 Å². The van der Waals surface area contributed by atoms with Gasteiger partial charge in [-0.05, 0) is 0 Å². The molecule has 9 heavy (non-hydrogen) atoms. The van der Waals surface area contributed by atoms with Gasteiger partial charge in [-0.25, -0.2) is 4.79 Å². The molecular weight excluding hydrogens is 127 g/mol. The number of urea groups is 1. The van der Waals surface area contributed by atoms with Crippen molar-refractivity contribution < 1.29 is 14.0 Å². The summed E-state index contributed by atoms with van der Waals surface area (Å²) in [5.74, 6) is -1.82. The number of hydrogen-bond acceptors (Lipinski definition) is 2. The second kappa shape index (κ2) is 1.85. The molecule has 1 aliphatic heterocycles. The van der Waals surface area contributed by atoms with Crippen LogP contribution in [0, 0.1) is 0 Å². The van der Waals surface area contributed by atoms with Gasteiger partial charge in [-0.2, -0.15) is 9.71 Å². The minimum absolute atomic E-state index is 0.599. The second-order valence-corrected chi connectivity index (χ2v) is 1.37. The Kier molecular flexibility index (Phi) is 1.18. The molecule has 5 heteroatoms. The second-order valence-electron chi connectivity index (χ2n) is 1.37. The summed E-state index contributed by atoms with van der Waals surface area (Å²) >= 11 is 0. The van der Waals surface area contributed by atoms with Gasteiger partial charge in [-0.15, -0.1) is 0 Å². The number of carbonyl (C=O) groups excluding carboxylic acids is 2. The summed E-state index contributed by atoms with van der Waals surface area (Å²) < 4.78 is 11.9. The highest BCUT2D eigenvalue weighted by Crippen LogP contribution is 1.95. The van der Waals surface area contributed by atoms with Gasteiger partial charge < -0.3 is 0 Å². The number of amides is 3. The van der Waals surface area contributed by atoms with E-state index in [1.165, 1.54) is 0 Å². The van der Waals surface area contributed by atoms with E-state index in [2.05, 4.69) is 5.32 Å². The molecule has 0 bridgehead atoms. The van der Waals surface area contributed by atoms with Gasteiger partial charge in [-0.3, -0.25) is 10.1 Å². The lowest BCUT2D eigenvalue weighted by atomic mass is 10.5. The van der Waals surface area contributed by atoms with E-state index in [-0.39, 0.29) is 0 Å². The molecule has 0 aliphatic carbocycles. The van der Waals surface area contributed by atoms with E-state index in [9.17, 15) is 14.0 Å². The molecule has 0 fully saturated rings. The highest BCUT2D eigenvalue weighted by molar-refractivity contribution is 6.03. The summed E-state index contributed by atoms with van der Waals surface area (Å²) in [4.78, 5) is 20.2. The van der Waals surface area contributed by atoms with Gasteiger partial charge in [0, 0.05) is 0 Å². The molecule has 0 unspecified atom stereocenters. The predicted molar refractivity (Wildman–Crippen MR) is 24.9 cm³/mol. The van der Waals surface area contributed by atoms with Crippen LogP contribution in [0.15, 0.2) is 12.0 Å². The van der Waals surface area contributed by atoms with Crippen molar-refractivity contribution in [1.82, 2.24) is 10.6 Å². The van der Waals surface area contributed by atoms with Crippen LogP contribution < -0.4 is 10.6 Å². The normalized spacial score (nSPS) is 18.1. The number of imide groups is 1. The van der Waals surface area contributed by atoms with Crippen molar-refractivity contribution in [3.8, 4) is 0 Å². The van der Waals surface area contributed by atoms with Crippen molar-refractivity contribution in [3.05, 3.63) is 12.0 Å². The summed E-state index contributed by atoms with van der Waals surface area (Å²) in [6.07, 6.45) is 0.599.